The Morgan fingerprint density at radius 2 is 1.56 bits per heavy atom. The Balaban J connectivity index is 2.16. The molecular weight excluding hydrogens is 396 g/mol. The fourth-order valence-electron chi connectivity index (χ4n) is 2.03. The summed E-state index contributed by atoms with van der Waals surface area (Å²) in [5, 5.41) is 0. The van der Waals surface area contributed by atoms with Gasteiger partial charge in [0.1, 0.15) is 0 Å². The third kappa shape index (κ3) is 5.48. The van der Waals surface area contributed by atoms with Crippen LogP contribution < -0.4 is 4.72 Å². The van der Waals surface area contributed by atoms with Gasteiger partial charge in [0.05, 0.1) is 22.6 Å². The lowest BCUT2D eigenvalue weighted by atomic mass is 10.1. The SMILES string of the molecule is O=S(=O)(NCC#Cc1ccccc1C(F)(F)F)c1cccc(C(F)(F)F)c1. The van der Waals surface area contributed by atoms with Crippen LogP contribution in [0.2, 0.25) is 0 Å². The monoisotopic (exact) mass is 407 g/mol. The summed E-state index contributed by atoms with van der Waals surface area (Å²) in [7, 11) is -4.31. The van der Waals surface area contributed by atoms with Gasteiger partial charge in [0.2, 0.25) is 10.0 Å². The molecule has 3 nitrogen and oxygen atoms in total. The van der Waals surface area contributed by atoms with Crippen molar-refractivity contribution in [2.45, 2.75) is 17.2 Å². The van der Waals surface area contributed by atoms with E-state index in [0.29, 0.717) is 12.1 Å². The molecule has 2 aromatic carbocycles. The Morgan fingerprint density at radius 3 is 2.19 bits per heavy atom. The van der Waals surface area contributed by atoms with Crippen molar-refractivity contribution in [2.24, 2.45) is 0 Å². The summed E-state index contributed by atoms with van der Waals surface area (Å²) in [5.41, 5.74) is -2.46. The van der Waals surface area contributed by atoms with Gasteiger partial charge < -0.3 is 0 Å². The van der Waals surface area contributed by atoms with Crippen LogP contribution in [0.15, 0.2) is 53.4 Å². The molecule has 0 amide bonds. The molecule has 0 fully saturated rings. The second kappa shape index (κ2) is 7.62. The van der Waals surface area contributed by atoms with E-state index in [9.17, 15) is 34.8 Å². The minimum Gasteiger partial charge on any atom is -0.207 e. The first-order valence-corrected chi connectivity index (χ1v) is 8.71. The van der Waals surface area contributed by atoms with Gasteiger partial charge in [-0.3, -0.25) is 0 Å². The third-order valence-electron chi connectivity index (χ3n) is 3.28. The Morgan fingerprint density at radius 1 is 0.889 bits per heavy atom. The van der Waals surface area contributed by atoms with Gasteiger partial charge >= 0.3 is 12.4 Å². The lowest BCUT2D eigenvalue weighted by Gasteiger charge is -2.09. The van der Waals surface area contributed by atoms with Gasteiger partial charge in [-0.1, -0.05) is 30.0 Å². The van der Waals surface area contributed by atoms with E-state index in [4.69, 9.17) is 0 Å². The van der Waals surface area contributed by atoms with Crippen molar-refractivity contribution in [2.75, 3.05) is 6.54 Å². The number of rotatable bonds is 3. The molecule has 10 heteroatoms. The Hall–Kier alpha value is -2.51. The highest BCUT2D eigenvalue weighted by atomic mass is 32.2. The number of hydrogen-bond acceptors (Lipinski definition) is 2. The summed E-state index contributed by atoms with van der Waals surface area (Å²) in [4.78, 5) is -0.630. The van der Waals surface area contributed by atoms with Gasteiger partial charge in [-0.15, -0.1) is 0 Å². The topological polar surface area (TPSA) is 46.2 Å². The average molecular weight is 407 g/mol. The molecule has 0 saturated heterocycles. The van der Waals surface area contributed by atoms with Crippen LogP contribution in [0.1, 0.15) is 16.7 Å². The Kier molecular flexibility index (Phi) is 5.87. The van der Waals surface area contributed by atoms with E-state index >= 15 is 0 Å². The zero-order valence-electron chi connectivity index (χ0n) is 13.3. The lowest BCUT2D eigenvalue weighted by Crippen LogP contribution is -2.24. The van der Waals surface area contributed by atoms with Crippen molar-refractivity contribution >= 4 is 10.0 Å². The molecule has 144 valence electrons. The van der Waals surface area contributed by atoms with Crippen LogP contribution >= 0.6 is 0 Å². The first kappa shape index (κ1) is 20.8. The molecule has 0 aliphatic rings. The van der Waals surface area contributed by atoms with Crippen molar-refractivity contribution in [3.63, 3.8) is 0 Å². The summed E-state index contributed by atoms with van der Waals surface area (Å²) < 4.78 is 102. The van der Waals surface area contributed by atoms with Crippen molar-refractivity contribution in [1.29, 1.82) is 0 Å². The normalized spacial score (nSPS) is 12.4. The Bertz CT molecular complexity index is 985. The van der Waals surface area contributed by atoms with Crippen LogP contribution in [0, 0.1) is 11.8 Å². The number of sulfonamides is 1. The molecule has 0 aliphatic heterocycles. The maximum atomic E-state index is 12.8. The molecule has 0 radical (unpaired) electrons. The molecule has 0 atom stereocenters. The van der Waals surface area contributed by atoms with Gasteiger partial charge in [-0.2, -0.15) is 31.1 Å². The van der Waals surface area contributed by atoms with Crippen LogP contribution in [0.5, 0.6) is 0 Å². The van der Waals surface area contributed by atoms with Gasteiger partial charge in [0.15, 0.2) is 0 Å². The van der Waals surface area contributed by atoms with E-state index in [2.05, 4.69) is 11.8 Å². The maximum Gasteiger partial charge on any atom is 0.417 e. The highest BCUT2D eigenvalue weighted by Gasteiger charge is 2.33. The van der Waals surface area contributed by atoms with Gasteiger partial charge in [0, 0.05) is 5.56 Å². The molecule has 27 heavy (non-hydrogen) atoms. The smallest absolute Gasteiger partial charge is 0.207 e. The summed E-state index contributed by atoms with van der Waals surface area (Å²) in [5.74, 6) is 4.42. The van der Waals surface area contributed by atoms with Crippen LogP contribution in [-0.2, 0) is 22.4 Å². The Labute approximate surface area is 151 Å². The first-order valence-electron chi connectivity index (χ1n) is 7.23. The van der Waals surface area contributed by atoms with Crippen molar-refractivity contribution in [3.05, 3.63) is 65.2 Å². The number of hydrogen-bond donors (Lipinski definition) is 1. The molecule has 2 rings (SSSR count). The molecule has 0 aromatic heterocycles. The second-order valence-electron chi connectivity index (χ2n) is 5.20. The molecule has 2 aromatic rings. The van der Waals surface area contributed by atoms with Crippen LogP contribution in [0.4, 0.5) is 26.3 Å². The summed E-state index contributed by atoms with van der Waals surface area (Å²) >= 11 is 0. The molecule has 0 unspecified atom stereocenters. The standard InChI is InChI=1S/C17H11F6NO2S/c18-16(19,20)13-7-3-8-14(11-13)27(25,26)24-10-4-6-12-5-1-2-9-15(12)17(21,22)23/h1-3,5,7-9,11,24H,10H2. The van der Waals surface area contributed by atoms with Gasteiger partial charge in [-0.25, -0.2) is 8.42 Å². The molecule has 1 N–H and O–H groups in total. The fraction of sp³-hybridized carbons (Fsp3) is 0.176. The summed E-state index contributed by atoms with van der Waals surface area (Å²) in [6.45, 7) is -0.579. The van der Waals surface area contributed by atoms with Gasteiger partial charge in [-0.05, 0) is 30.3 Å². The first-order chi connectivity index (χ1) is 12.4. The molecule has 0 spiro atoms. The van der Waals surface area contributed by atoms with E-state index in [-0.39, 0.29) is 5.56 Å². The predicted molar refractivity (Wildman–Crippen MR) is 85.0 cm³/mol. The van der Waals surface area contributed by atoms with Crippen LogP contribution in [0.25, 0.3) is 0 Å². The molecule has 0 aliphatic carbocycles. The van der Waals surface area contributed by atoms with E-state index in [0.717, 1.165) is 24.3 Å². The minimum absolute atomic E-state index is 0.344. The van der Waals surface area contributed by atoms with Crippen LogP contribution in [-0.4, -0.2) is 15.0 Å². The molecular formula is C17H11F6NO2S. The summed E-state index contributed by atoms with van der Waals surface area (Å²) in [6.07, 6.45) is -9.34. The largest absolute Gasteiger partial charge is 0.417 e. The minimum atomic E-state index is -4.72. The highest BCUT2D eigenvalue weighted by molar-refractivity contribution is 7.89. The number of nitrogens with one attached hydrogen (secondary N) is 1. The fourth-order valence-corrected chi connectivity index (χ4v) is 3.00. The number of benzene rings is 2. The van der Waals surface area contributed by atoms with E-state index in [1.807, 2.05) is 4.72 Å². The average Bonchev–Trinajstić information content (AvgIpc) is 2.58. The summed E-state index contributed by atoms with van der Waals surface area (Å²) in [6, 6.07) is 7.54. The zero-order valence-corrected chi connectivity index (χ0v) is 14.1. The van der Waals surface area contributed by atoms with E-state index < -0.39 is 44.9 Å². The number of halogens is 6. The number of alkyl halides is 6. The van der Waals surface area contributed by atoms with E-state index in [1.54, 1.807) is 0 Å². The second-order valence-corrected chi connectivity index (χ2v) is 6.96. The highest BCUT2D eigenvalue weighted by Crippen LogP contribution is 2.31. The third-order valence-corrected chi connectivity index (χ3v) is 4.68. The lowest BCUT2D eigenvalue weighted by molar-refractivity contribution is -0.138. The van der Waals surface area contributed by atoms with Crippen molar-refractivity contribution in [3.8, 4) is 11.8 Å². The predicted octanol–water partition coefficient (Wildman–Crippen LogP) is 4.05. The molecule has 0 heterocycles. The maximum absolute atomic E-state index is 12.8. The van der Waals surface area contributed by atoms with Gasteiger partial charge in [0.25, 0.3) is 0 Å². The quantitative estimate of drug-likeness (QED) is 0.616. The van der Waals surface area contributed by atoms with Crippen molar-refractivity contribution < 1.29 is 34.8 Å². The van der Waals surface area contributed by atoms with E-state index in [1.165, 1.54) is 12.1 Å². The zero-order chi connectivity index (χ0) is 20.3. The molecule has 0 bridgehead atoms. The van der Waals surface area contributed by atoms with Crippen LogP contribution in [0.3, 0.4) is 0 Å². The van der Waals surface area contributed by atoms with Crippen molar-refractivity contribution in [1.82, 2.24) is 4.72 Å². The molecule has 0 saturated carbocycles.